The summed E-state index contributed by atoms with van der Waals surface area (Å²) in [5, 5.41) is 3.49. The number of anilines is 3. The smallest absolute Gasteiger partial charge is 0.239 e. The lowest BCUT2D eigenvalue weighted by molar-refractivity contribution is 0.340. The third-order valence-electron chi connectivity index (χ3n) is 2.28. The molecule has 2 rings (SSSR count). The van der Waals surface area contributed by atoms with Gasteiger partial charge < -0.3 is 10.1 Å². The van der Waals surface area contributed by atoms with E-state index in [2.05, 4.69) is 20.7 Å². The first-order valence-electron chi connectivity index (χ1n) is 5.72. The molecular formula is C12H14ClN5O. The number of nitrogens with zero attached hydrogens (tertiary/aromatic N) is 2. The predicted octanol–water partition coefficient (Wildman–Crippen LogP) is 2.56. The lowest BCUT2D eigenvalue weighted by atomic mass is 10.3. The number of nitrogens with one attached hydrogen (secondary N) is 2. The van der Waals surface area contributed by atoms with Gasteiger partial charge in [-0.2, -0.15) is 4.98 Å². The van der Waals surface area contributed by atoms with Crippen LogP contribution in [0.5, 0.6) is 5.75 Å². The molecular weight excluding hydrogens is 266 g/mol. The molecule has 0 aliphatic heterocycles. The van der Waals surface area contributed by atoms with Gasteiger partial charge in [0.1, 0.15) is 10.8 Å². The number of ether oxygens (including phenoxy) is 1. The lowest BCUT2D eigenvalue weighted by Gasteiger charge is -2.10. The fourth-order valence-corrected chi connectivity index (χ4v) is 1.63. The highest BCUT2D eigenvalue weighted by Crippen LogP contribution is 2.25. The molecule has 1 heterocycles. The summed E-state index contributed by atoms with van der Waals surface area (Å²) in [7, 11) is 0. The van der Waals surface area contributed by atoms with E-state index in [0.29, 0.717) is 17.4 Å². The van der Waals surface area contributed by atoms with Gasteiger partial charge in [0.2, 0.25) is 5.95 Å². The van der Waals surface area contributed by atoms with Crippen LogP contribution in [-0.2, 0) is 0 Å². The second-order valence-corrected chi connectivity index (χ2v) is 4.03. The molecule has 0 atom stereocenters. The second kappa shape index (κ2) is 6.21. The molecule has 6 nitrogen and oxygen atoms in total. The van der Waals surface area contributed by atoms with Crippen LogP contribution in [0.15, 0.2) is 30.5 Å². The first kappa shape index (κ1) is 13.4. The molecule has 100 valence electrons. The Labute approximate surface area is 115 Å². The number of hydrazine groups is 1. The van der Waals surface area contributed by atoms with Crippen molar-refractivity contribution in [2.75, 3.05) is 17.3 Å². The first-order valence-corrected chi connectivity index (χ1v) is 6.09. The zero-order valence-corrected chi connectivity index (χ0v) is 11.1. The Morgan fingerprint density at radius 1 is 1.42 bits per heavy atom. The monoisotopic (exact) mass is 279 g/mol. The zero-order valence-electron chi connectivity index (χ0n) is 10.4. The van der Waals surface area contributed by atoms with Crippen LogP contribution in [0.2, 0.25) is 5.02 Å². The minimum absolute atomic E-state index is 0.285. The fraction of sp³-hybridized carbons (Fsp3) is 0.167. The van der Waals surface area contributed by atoms with Crippen molar-refractivity contribution in [1.29, 1.82) is 0 Å². The van der Waals surface area contributed by atoms with Crippen molar-refractivity contribution in [3.63, 3.8) is 0 Å². The topological polar surface area (TPSA) is 85.1 Å². The number of benzene rings is 1. The number of halogens is 1. The number of nitrogen functional groups attached to an aromatic ring is 1. The Bertz CT molecular complexity index is 564. The molecule has 0 spiro atoms. The molecule has 1 aromatic carbocycles. The van der Waals surface area contributed by atoms with E-state index in [1.165, 1.54) is 6.20 Å². The standard InChI is InChI=1S/C12H14ClN5O/c1-2-19-9-5-3-4-8(6-9)16-11-10(13)7-15-12(17-11)18-14/h3-7H,2,14H2,1H3,(H2,15,16,17,18). The molecule has 0 aliphatic carbocycles. The summed E-state index contributed by atoms with van der Waals surface area (Å²) in [4.78, 5) is 8.03. The van der Waals surface area contributed by atoms with Gasteiger partial charge in [0.05, 0.1) is 12.8 Å². The molecule has 2 aromatic rings. The number of nitrogens with two attached hydrogens (primary N) is 1. The van der Waals surface area contributed by atoms with Gasteiger partial charge in [0, 0.05) is 11.8 Å². The summed E-state index contributed by atoms with van der Waals surface area (Å²) in [5.41, 5.74) is 3.18. The van der Waals surface area contributed by atoms with E-state index < -0.39 is 0 Å². The highest BCUT2D eigenvalue weighted by Gasteiger charge is 2.05. The molecule has 0 radical (unpaired) electrons. The highest BCUT2D eigenvalue weighted by atomic mass is 35.5. The SMILES string of the molecule is CCOc1cccc(Nc2nc(NN)ncc2Cl)c1. The predicted molar refractivity (Wildman–Crippen MR) is 75.7 cm³/mol. The molecule has 0 fully saturated rings. The van der Waals surface area contributed by atoms with Crippen molar-refractivity contribution in [3.05, 3.63) is 35.5 Å². The van der Waals surface area contributed by atoms with E-state index >= 15 is 0 Å². The maximum Gasteiger partial charge on any atom is 0.239 e. The summed E-state index contributed by atoms with van der Waals surface area (Å²) in [6.45, 7) is 2.54. The highest BCUT2D eigenvalue weighted by molar-refractivity contribution is 6.32. The van der Waals surface area contributed by atoms with Gasteiger partial charge in [-0.3, -0.25) is 5.43 Å². The van der Waals surface area contributed by atoms with Crippen LogP contribution in [0.3, 0.4) is 0 Å². The van der Waals surface area contributed by atoms with Gasteiger partial charge in [-0.25, -0.2) is 10.8 Å². The van der Waals surface area contributed by atoms with Gasteiger partial charge in [-0.15, -0.1) is 0 Å². The Morgan fingerprint density at radius 3 is 3.00 bits per heavy atom. The van der Waals surface area contributed by atoms with E-state index in [-0.39, 0.29) is 5.95 Å². The normalized spacial score (nSPS) is 10.1. The van der Waals surface area contributed by atoms with E-state index in [4.69, 9.17) is 22.2 Å². The van der Waals surface area contributed by atoms with Gasteiger partial charge in [-0.1, -0.05) is 17.7 Å². The Hall–Kier alpha value is -2.05. The molecule has 0 amide bonds. The molecule has 7 heteroatoms. The van der Waals surface area contributed by atoms with Crippen LogP contribution in [0.25, 0.3) is 0 Å². The Balaban J connectivity index is 2.22. The Morgan fingerprint density at radius 2 is 2.26 bits per heavy atom. The van der Waals surface area contributed by atoms with Gasteiger partial charge in [0.15, 0.2) is 5.82 Å². The van der Waals surface area contributed by atoms with Crippen molar-refractivity contribution in [2.24, 2.45) is 5.84 Å². The van der Waals surface area contributed by atoms with E-state index in [9.17, 15) is 0 Å². The first-order chi connectivity index (χ1) is 9.22. The molecule has 0 saturated carbocycles. The minimum atomic E-state index is 0.285. The summed E-state index contributed by atoms with van der Waals surface area (Å²) < 4.78 is 5.42. The maximum atomic E-state index is 6.02. The average Bonchev–Trinajstić information content (AvgIpc) is 2.42. The number of hydrogen-bond acceptors (Lipinski definition) is 6. The van der Waals surface area contributed by atoms with Crippen molar-refractivity contribution in [2.45, 2.75) is 6.92 Å². The zero-order chi connectivity index (χ0) is 13.7. The summed E-state index contributed by atoms with van der Waals surface area (Å²) in [6, 6.07) is 7.50. The average molecular weight is 280 g/mol. The second-order valence-electron chi connectivity index (χ2n) is 3.62. The largest absolute Gasteiger partial charge is 0.494 e. The van der Waals surface area contributed by atoms with Crippen molar-refractivity contribution < 1.29 is 4.74 Å². The number of rotatable bonds is 5. The molecule has 1 aromatic heterocycles. The van der Waals surface area contributed by atoms with Crippen LogP contribution in [0.1, 0.15) is 6.92 Å². The summed E-state index contributed by atoms with van der Waals surface area (Å²) in [6.07, 6.45) is 1.47. The third kappa shape index (κ3) is 3.46. The van der Waals surface area contributed by atoms with Crippen LogP contribution in [0.4, 0.5) is 17.5 Å². The van der Waals surface area contributed by atoms with Crippen LogP contribution >= 0.6 is 11.6 Å². The number of hydrogen-bond donors (Lipinski definition) is 3. The molecule has 0 aliphatic rings. The molecule has 0 unspecified atom stereocenters. The van der Waals surface area contributed by atoms with Gasteiger partial charge in [-0.05, 0) is 19.1 Å². The van der Waals surface area contributed by atoms with E-state index in [1.54, 1.807) is 0 Å². The molecule has 0 saturated heterocycles. The molecule has 19 heavy (non-hydrogen) atoms. The van der Waals surface area contributed by atoms with E-state index in [0.717, 1.165) is 11.4 Å². The van der Waals surface area contributed by atoms with Gasteiger partial charge >= 0.3 is 0 Å². The van der Waals surface area contributed by atoms with Crippen LogP contribution in [-0.4, -0.2) is 16.6 Å². The summed E-state index contributed by atoms with van der Waals surface area (Å²) in [5.74, 6) is 6.79. The molecule has 4 N–H and O–H groups in total. The summed E-state index contributed by atoms with van der Waals surface area (Å²) >= 11 is 6.02. The quantitative estimate of drug-likeness (QED) is 0.576. The lowest BCUT2D eigenvalue weighted by Crippen LogP contribution is -2.11. The van der Waals surface area contributed by atoms with Crippen molar-refractivity contribution in [3.8, 4) is 5.75 Å². The molecule has 0 bridgehead atoms. The number of aromatic nitrogens is 2. The fourth-order valence-electron chi connectivity index (χ4n) is 1.49. The Kier molecular flexibility index (Phi) is 4.38. The minimum Gasteiger partial charge on any atom is -0.494 e. The third-order valence-corrected chi connectivity index (χ3v) is 2.56. The van der Waals surface area contributed by atoms with Crippen molar-refractivity contribution in [1.82, 2.24) is 9.97 Å². The van der Waals surface area contributed by atoms with Crippen LogP contribution < -0.4 is 21.3 Å². The van der Waals surface area contributed by atoms with Crippen LogP contribution in [0, 0.1) is 0 Å². The van der Waals surface area contributed by atoms with Crippen molar-refractivity contribution >= 4 is 29.1 Å². The van der Waals surface area contributed by atoms with E-state index in [1.807, 2.05) is 31.2 Å². The maximum absolute atomic E-state index is 6.02. The van der Waals surface area contributed by atoms with Gasteiger partial charge in [0.25, 0.3) is 0 Å².